The second kappa shape index (κ2) is 6.79. The largest absolute Gasteiger partial charge is 0.376 e. The minimum absolute atomic E-state index is 0.117. The van der Waals surface area contributed by atoms with E-state index in [1.165, 1.54) is 0 Å². The second-order valence-electron chi connectivity index (χ2n) is 8.02. The molecule has 144 valence electrons. The van der Waals surface area contributed by atoms with Crippen LogP contribution in [0, 0.1) is 5.41 Å². The zero-order valence-corrected chi connectivity index (χ0v) is 16.1. The summed E-state index contributed by atoms with van der Waals surface area (Å²) in [5, 5.41) is 0. The van der Waals surface area contributed by atoms with E-state index in [0.29, 0.717) is 5.65 Å². The van der Waals surface area contributed by atoms with Crippen molar-refractivity contribution in [3.05, 3.63) is 48.7 Å². The highest BCUT2D eigenvalue weighted by Gasteiger charge is 2.47. The number of ether oxygens (including phenoxy) is 1. The number of piperidine rings is 1. The Bertz CT molecular complexity index is 985. The molecule has 0 amide bonds. The van der Waals surface area contributed by atoms with Crippen molar-refractivity contribution >= 4 is 17.0 Å². The quantitative estimate of drug-likeness (QED) is 0.742. The van der Waals surface area contributed by atoms with Crippen LogP contribution in [-0.4, -0.2) is 46.8 Å². The Labute approximate surface area is 164 Å². The summed E-state index contributed by atoms with van der Waals surface area (Å²) in [5.74, 6) is 0.914. The van der Waals surface area contributed by atoms with E-state index in [-0.39, 0.29) is 17.6 Å². The van der Waals surface area contributed by atoms with Crippen LogP contribution in [0.25, 0.3) is 22.4 Å². The van der Waals surface area contributed by atoms with Crippen LogP contribution in [0.5, 0.6) is 0 Å². The minimum atomic E-state index is 0.117. The lowest BCUT2D eigenvalue weighted by molar-refractivity contribution is 0.0974. The Balaban J connectivity index is 1.36. The van der Waals surface area contributed by atoms with E-state index in [0.717, 1.165) is 55.1 Å². The molecule has 0 radical (unpaired) electrons. The first kappa shape index (κ1) is 17.5. The standard InChI is InChI=1S/C22H25N5O/c1-15-20(23)22(14-28-15)9-11-27(12-10-22)19-13-24-21-18(25-19)8-7-17(26-21)16-5-3-2-4-6-16/h2-8,13,15,20H,9-12,14,23H2,1H3/t15-,20+/m0/s1. The van der Waals surface area contributed by atoms with Crippen molar-refractivity contribution in [1.82, 2.24) is 15.0 Å². The second-order valence-corrected chi connectivity index (χ2v) is 8.02. The zero-order valence-electron chi connectivity index (χ0n) is 16.1. The number of nitrogens with two attached hydrogens (primary N) is 1. The van der Waals surface area contributed by atoms with Crippen LogP contribution in [0.1, 0.15) is 19.8 Å². The zero-order chi connectivity index (χ0) is 19.1. The fourth-order valence-electron chi connectivity index (χ4n) is 4.47. The number of fused-ring (bicyclic) bond motifs is 1. The van der Waals surface area contributed by atoms with Crippen molar-refractivity contribution in [3.8, 4) is 11.3 Å². The lowest BCUT2D eigenvalue weighted by Crippen LogP contribution is -2.50. The van der Waals surface area contributed by atoms with Gasteiger partial charge in [0.05, 0.1) is 24.6 Å². The van der Waals surface area contributed by atoms with Crippen LogP contribution in [0.2, 0.25) is 0 Å². The van der Waals surface area contributed by atoms with Crippen molar-refractivity contribution < 1.29 is 4.74 Å². The van der Waals surface area contributed by atoms with Gasteiger partial charge < -0.3 is 15.4 Å². The van der Waals surface area contributed by atoms with Crippen LogP contribution in [0.15, 0.2) is 48.7 Å². The predicted octanol–water partition coefficient (Wildman–Crippen LogP) is 3.02. The molecule has 2 fully saturated rings. The van der Waals surface area contributed by atoms with Gasteiger partial charge in [-0.3, -0.25) is 0 Å². The van der Waals surface area contributed by atoms with Gasteiger partial charge in [0.15, 0.2) is 5.65 Å². The first-order chi connectivity index (χ1) is 13.6. The van der Waals surface area contributed by atoms with Gasteiger partial charge in [0, 0.05) is 30.1 Å². The van der Waals surface area contributed by atoms with E-state index in [4.69, 9.17) is 15.5 Å². The highest BCUT2D eigenvalue weighted by atomic mass is 16.5. The summed E-state index contributed by atoms with van der Waals surface area (Å²) in [5.41, 5.74) is 10.1. The Morgan fingerprint density at radius 1 is 1.07 bits per heavy atom. The van der Waals surface area contributed by atoms with Crippen molar-refractivity contribution in [1.29, 1.82) is 0 Å². The van der Waals surface area contributed by atoms with E-state index in [1.807, 2.05) is 36.5 Å². The van der Waals surface area contributed by atoms with E-state index >= 15 is 0 Å². The maximum absolute atomic E-state index is 6.43. The molecule has 0 bridgehead atoms. The third-order valence-electron chi connectivity index (χ3n) is 6.39. The summed E-state index contributed by atoms with van der Waals surface area (Å²) < 4.78 is 5.82. The summed E-state index contributed by atoms with van der Waals surface area (Å²) in [7, 11) is 0. The molecule has 1 spiro atoms. The maximum Gasteiger partial charge on any atom is 0.178 e. The number of benzene rings is 1. The highest BCUT2D eigenvalue weighted by molar-refractivity contribution is 5.75. The Hall–Kier alpha value is -2.57. The summed E-state index contributed by atoms with van der Waals surface area (Å²) >= 11 is 0. The average Bonchev–Trinajstić information content (AvgIpc) is 3.03. The number of pyridine rings is 1. The van der Waals surface area contributed by atoms with E-state index < -0.39 is 0 Å². The summed E-state index contributed by atoms with van der Waals surface area (Å²) in [6.45, 7) is 4.72. The van der Waals surface area contributed by atoms with Gasteiger partial charge in [-0.1, -0.05) is 30.3 Å². The van der Waals surface area contributed by atoms with Crippen molar-refractivity contribution in [2.45, 2.75) is 31.9 Å². The third-order valence-corrected chi connectivity index (χ3v) is 6.39. The molecule has 2 aliphatic heterocycles. The Morgan fingerprint density at radius 2 is 1.86 bits per heavy atom. The van der Waals surface area contributed by atoms with Crippen LogP contribution in [-0.2, 0) is 4.74 Å². The molecule has 5 rings (SSSR count). The van der Waals surface area contributed by atoms with Gasteiger partial charge in [-0.2, -0.15) is 0 Å². The minimum Gasteiger partial charge on any atom is -0.376 e. The van der Waals surface area contributed by atoms with Gasteiger partial charge >= 0.3 is 0 Å². The van der Waals surface area contributed by atoms with Gasteiger partial charge in [0.2, 0.25) is 0 Å². The number of aromatic nitrogens is 3. The molecule has 6 nitrogen and oxygen atoms in total. The molecule has 2 saturated heterocycles. The van der Waals surface area contributed by atoms with E-state index in [2.05, 4.69) is 33.9 Å². The van der Waals surface area contributed by atoms with E-state index in [1.54, 1.807) is 0 Å². The first-order valence-electron chi connectivity index (χ1n) is 9.96. The summed E-state index contributed by atoms with van der Waals surface area (Å²) in [4.78, 5) is 16.4. The molecule has 6 heteroatoms. The normalized spacial score (nSPS) is 24.1. The molecule has 1 aromatic carbocycles. The Morgan fingerprint density at radius 3 is 2.57 bits per heavy atom. The number of nitrogens with zero attached hydrogens (tertiary/aromatic N) is 4. The fraction of sp³-hybridized carbons (Fsp3) is 0.409. The predicted molar refractivity (Wildman–Crippen MR) is 110 cm³/mol. The molecule has 2 aliphatic rings. The monoisotopic (exact) mass is 375 g/mol. The van der Waals surface area contributed by atoms with Gasteiger partial charge in [0.1, 0.15) is 11.3 Å². The average molecular weight is 375 g/mol. The molecule has 3 aromatic rings. The fourth-order valence-corrected chi connectivity index (χ4v) is 4.47. The third kappa shape index (κ3) is 2.93. The topological polar surface area (TPSA) is 77.2 Å². The lowest BCUT2D eigenvalue weighted by atomic mass is 9.73. The molecular weight excluding hydrogens is 350 g/mol. The van der Waals surface area contributed by atoms with Gasteiger partial charge in [0.25, 0.3) is 0 Å². The molecule has 2 atom stereocenters. The van der Waals surface area contributed by atoms with Crippen molar-refractivity contribution in [2.24, 2.45) is 11.1 Å². The smallest absolute Gasteiger partial charge is 0.178 e. The SMILES string of the molecule is C[C@@H]1OCC2(CCN(c3cnc4nc(-c5ccccc5)ccc4n3)CC2)[C@@H]1N. The Kier molecular flexibility index (Phi) is 4.25. The summed E-state index contributed by atoms with van der Waals surface area (Å²) in [6, 6.07) is 14.3. The molecule has 0 aliphatic carbocycles. The first-order valence-corrected chi connectivity index (χ1v) is 9.96. The van der Waals surface area contributed by atoms with Crippen LogP contribution in [0.3, 0.4) is 0 Å². The van der Waals surface area contributed by atoms with Crippen LogP contribution < -0.4 is 10.6 Å². The molecule has 2 aromatic heterocycles. The van der Waals surface area contributed by atoms with Gasteiger partial charge in [-0.15, -0.1) is 0 Å². The van der Waals surface area contributed by atoms with Gasteiger partial charge in [-0.25, -0.2) is 15.0 Å². The number of anilines is 1. The van der Waals surface area contributed by atoms with Crippen molar-refractivity contribution in [2.75, 3.05) is 24.6 Å². The maximum atomic E-state index is 6.43. The van der Waals surface area contributed by atoms with Crippen molar-refractivity contribution in [3.63, 3.8) is 0 Å². The molecule has 2 N–H and O–H groups in total. The molecular formula is C22H25N5O. The molecule has 28 heavy (non-hydrogen) atoms. The molecule has 4 heterocycles. The number of rotatable bonds is 2. The number of hydrogen-bond acceptors (Lipinski definition) is 6. The van der Waals surface area contributed by atoms with Gasteiger partial charge in [-0.05, 0) is 31.9 Å². The summed E-state index contributed by atoms with van der Waals surface area (Å²) in [6.07, 6.45) is 4.06. The van der Waals surface area contributed by atoms with Crippen LogP contribution in [0.4, 0.5) is 5.82 Å². The lowest BCUT2D eigenvalue weighted by Gasteiger charge is -2.41. The highest BCUT2D eigenvalue weighted by Crippen LogP contribution is 2.41. The molecule has 0 unspecified atom stereocenters. The van der Waals surface area contributed by atoms with Crippen LogP contribution >= 0.6 is 0 Å². The molecule has 0 saturated carbocycles. The van der Waals surface area contributed by atoms with E-state index in [9.17, 15) is 0 Å². The number of hydrogen-bond donors (Lipinski definition) is 1.